The van der Waals surface area contributed by atoms with Gasteiger partial charge in [-0.15, -0.1) is 0 Å². The minimum absolute atomic E-state index is 0.502. The van der Waals surface area contributed by atoms with Crippen LogP contribution in [0.1, 0.15) is 44.2 Å². The summed E-state index contributed by atoms with van der Waals surface area (Å²) in [7, 11) is 0. The Bertz CT molecular complexity index is 492. The highest BCUT2D eigenvalue weighted by molar-refractivity contribution is 7.07. The molecule has 0 aliphatic heterocycles. The summed E-state index contributed by atoms with van der Waals surface area (Å²) in [5, 5.41) is 8.20. The quantitative estimate of drug-likeness (QED) is 0.715. The number of rotatable bonds is 8. The number of likely N-dealkylation sites (N-methyl/N-ethyl adjacent to an activating group) is 1. The fourth-order valence-corrected chi connectivity index (χ4v) is 3.82. The molecule has 1 N–H and O–H groups in total. The Hall–Kier alpha value is -1.12. The van der Waals surface area contributed by atoms with Gasteiger partial charge in [-0.2, -0.15) is 11.3 Å². The van der Waals surface area contributed by atoms with Gasteiger partial charge in [-0.3, -0.25) is 0 Å². The van der Waals surface area contributed by atoms with Crippen LogP contribution < -0.4 is 5.32 Å². The van der Waals surface area contributed by atoms with Gasteiger partial charge in [0.1, 0.15) is 0 Å². The Kier molecular flexibility index (Phi) is 6.47. The third kappa shape index (κ3) is 4.42. The molecule has 0 aliphatic rings. The summed E-state index contributed by atoms with van der Waals surface area (Å²) in [5.74, 6) is 1.24. The lowest BCUT2D eigenvalue weighted by molar-refractivity contribution is 0.336. The van der Waals surface area contributed by atoms with Crippen LogP contribution in [0.15, 0.2) is 47.2 Å². The summed E-state index contributed by atoms with van der Waals surface area (Å²) >= 11 is 1.79. The lowest BCUT2D eigenvalue weighted by Crippen LogP contribution is -2.39. The second-order valence-corrected chi connectivity index (χ2v) is 6.60. The van der Waals surface area contributed by atoms with E-state index in [0.29, 0.717) is 17.9 Å². The predicted octanol–water partition coefficient (Wildman–Crippen LogP) is 5.10. The molecule has 0 aliphatic carbocycles. The van der Waals surface area contributed by atoms with Gasteiger partial charge in [-0.1, -0.05) is 57.5 Å². The van der Waals surface area contributed by atoms with Crippen molar-refractivity contribution >= 4 is 11.3 Å². The van der Waals surface area contributed by atoms with Crippen molar-refractivity contribution in [2.75, 3.05) is 6.54 Å². The highest BCUT2D eigenvalue weighted by Crippen LogP contribution is 2.32. The van der Waals surface area contributed by atoms with Crippen molar-refractivity contribution < 1.29 is 0 Å². The summed E-state index contributed by atoms with van der Waals surface area (Å²) in [6, 6.07) is 13.8. The fourth-order valence-electron chi connectivity index (χ4n) is 3.14. The van der Waals surface area contributed by atoms with Gasteiger partial charge < -0.3 is 5.32 Å². The molecule has 2 aromatic rings. The second kappa shape index (κ2) is 8.35. The van der Waals surface area contributed by atoms with Crippen LogP contribution in [0.3, 0.4) is 0 Å². The standard InChI is InChI=1S/C19H27NS/c1-4-15(3)19(17-9-7-6-8-10-17)18(20-5-2)13-16-11-12-21-14-16/h6-12,14-15,18-20H,4-5,13H2,1-3H3. The molecule has 3 atom stereocenters. The van der Waals surface area contributed by atoms with Crippen LogP contribution in [-0.4, -0.2) is 12.6 Å². The Labute approximate surface area is 133 Å². The van der Waals surface area contributed by atoms with Crippen LogP contribution in [0.25, 0.3) is 0 Å². The molecular weight excluding hydrogens is 274 g/mol. The Morgan fingerprint density at radius 1 is 1.10 bits per heavy atom. The summed E-state index contributed by atoms with van der Waals surface area (Å²) < 4.78 is 0. The number of nitrogens with one attached hydrogen (secondary N) is 1. The van der Waals surface area contributed by atoms with Gasteiger partial charge in [0.2, 0.25) is 0 Å². The molecule has 21 heavy (non-hydrogen) atoms. The minimum atomic E-state index is 0.502. The fraction of sp³-hybridized carbons (Fsp3) is 0.474. The Balaban J connectivity index is 2.26. The predicted molar refractivity (Wildman–Crippen MR) is 94.1 cm³/mol. The van der Waals surface area contributed by atoms with Crippen molar-refractivity contribution in [3.05, 3.63) is 58.3 Å². The molecule has 2 rings (SSSR count). The highest BCUT2D eigenvalue weighted by atomic mass is 32.1. The van der Waals surface area contributed by atoms with Gasteiger partial charge in [0.05, 0.1) is 0 Å². The molecule has 2 heteroatoms. The third-order valence-corrected chi connectivity index (χ3v) is 5.11. The van der Waals surface area contributed by atoms with Crippen LogP contribution in [0.5, 0.6) is 0 Å². The summed E-state index contributed by atoms with van der Waals surface area (Å²) in [6.07, 6.45) is 2.33. The molecule has 0 fully saturated rings. The molecular formula is C19H27NS. The van der Waals surface area contributed by atoms with Gasteiger partial charge in [-0.05, 0) is 46.8 Å². The van der Waals surface area contributed by atoms with E-state index in [1.165, 1.54) is 17.5 Å². The zero-order chi connectivity index (χ0) is 15.1. The number of benzene rings is 1. The summed E-state index contributed by atoms with van der Waals surface area (Å²) in [6.45, 7) is 7.91. The molecule has 0 radical (unpaired) electrons. The first-order valence-corrected chi connectivity index (χ1v) is 8.99. The molecule has 0 amide bonds. The molecule has 0 bridgehead atoms. The molecule has 3 unspecified atom stereocenters. The van der Waals surface area contributed by atoms with Crippen molar-refractivity contribution in [3.63, 3.8) is 0 Å². The highest BCUT2D eigenvalue weighted by Gasteiger charge is 2.27. The monoisotopic (exact) mass is 301 g/mol. The minimum Gasteiger partial charge on any atom is -0.313 e. The summed E-state index contributed by atoms with van der Waals surface area (Å²) in [4.78, 5) is 0. The number of hydrogen-bond acceptors (Lipinski definition) is 2. The van der Waals surface area contributed by atoms with Crippen LogP contribution in [0.4, 0.5) is 0 Å². The average Bonchev–Trinajstić information content (AvgIpc) is 3.01. The molecule has 1 nitrogen and oxygen atoms in total. The van der Waals surface area contributed by atoms with E-state index in [0.717, 1.165) is 13.0 Å². The molecule has 1 aromatic carbocycles. The van der Waals surface area contributed by atoms with E-state index in [2.05, 4.69) is 73.2 Å². The van der Waals surface area contributed by atoms with Crippen molar-refractivity contribution in [2.45, 2.75) is 45.6 Å². The van der Waals surface area contributed by atoms with Crippen LogP contribution in [0.2, 0.25) is 0 Å². The largest absolute Gasteiger partial charge is 0.313 e. The number of thiophene rings is 1. The van der Waals surface area contributed by atoms with E-state index in [-0.39, 0.29) is 0 Å². The molecule has 0 saturated carbocycles. The van der Waals surface area contributed by atoms with E-state index in [4.69, 9.17) is 0 Å². The smallest absolute Gasteiger partial charge is 0.0179 e. The Morgan fingerprint density at radius 2 is 1.86 bits per heavy atom. The normalized spacial score (nSPS) is 15.6. The SMILES string of the molecule is CCNC(Cc1ccsc1)C(c1ccccc1)C(C)CC. The molecule has 0 spiro atoms. The van der Waals surface area contributed by atoms with E-state index < -0.39 is 0 Å². The lowest BCUT2D eigenvalue weighted by atomic mass is 9.78. The average molecular weight is 301 g/mol. The van der Waals surface area contributed by atoms with Crippen molar-refractivity contribution in [1.82, 2.24) is 5.32 Å². The van der Waals surface area contributed by atoms with Crippen LogP contribution >= 0.6 is 11.3 Å². The van der Waals surface area contributed by atoms with E-state index in [1.807, 2.05) is 0 Å². The van der Waals surface area contributed by atoms with Gasteiger partial charge in [0.25, 0.3) is 0 Å². The van der Waals surface area contributed by atoms with Gasteiger partial charge >= 0.3 is 0 Å². The van der Waals surface area contributed by atoms with Gasteiger partial charge in [0, 0.05) is 12.0 Å². The first-order valence-electron chi connectivity index (χ1n) is 8.05. The molecule has 114 valence electrons. The van der Waals surface area contributed by atoms with Crippen molar-refractivity contribution in [1.29, 1.82) is 0 Å². The zero-order valence-electron chi connectivity index (χ0n) is 13.4. The first kappa shape index (κ1) is 16.3. The second-order valence-electron chi connectivity index (χ2n) is 5.82. The lowest BCUT2D eigenvalue weighted by Gasteiger charge is -2.32. The maximum absolute atomic E-state index is 3.74. The van der Waals surface area contributed by atoms with Gasteiger partial charge in [-0.25, -0.2) is 0 Å². The van der Waals surface area contributed by atoms with E-state index in [9.17, 15) is 0 Å². The van der Waals surface area contributed by atoms with Crippen molar-refractivity contribution in [2.24, 2.45) is 5.92 Å². The number of hydrogen-bond donors (Lipinski definition) is 1. The van der Waals surface area contributed by atoms with Crippen LogP contribution in [-0.2, 0) is 6.42 Å². The Morgan fingerprint density at radius 3 is 2.43 bits per heavy atom. The van der Waals surface area contributed by atoms with Gasteiger partial charge in [0.15, 0.2) is 0 Å². The first-order chi connectivity index (χ1) is 10.3. The zero-order valence-corrected chi connectivity index (χ0v) is 14.2. The van der Waals surface area contributed by atoms with Crippen LogP contribution in [0, 0.1) is 5.92 Å². The molecule has 0 saturated heterocycles. The third-order valence-electron chi connectivity index (χ3n) is 4.38. The topological polar surface area (TPSA) is 12.0 Å². The summed E-state index contributed by atoms with van der Waals surface area (Å²) in [5.41, 5.74) is 2.92. The molecule has 1 heterocycles. The van der Waals surface area contributed by atoms with E-state index >= 15 is 0 Å². The van der Waals surface area contributed by atoms with E-state index in [1.54, 1.807) is 11.3 Å². The maximum Gasteiger partial charge on any atom is 0.0179 e. The van der Waals surface area contributed by atoms with Crippen molar-refractivity contribution in [3.8, 4) is 0 Å². The maximum atomic E-state index is 3.74. The molecule has 1 aromatic heterocycles.